The molecule has 2 fully saturated rings. The number of hydrogen-bond acceptors (Lipinski definition) is 4. The van der Waals surface area contributed by atoms with E-state index in [2.05, 4.69) is 12.2 Å². The maximum absolute atomic E-state index is 5.75. The van der Waals surface area contributed by atoms with Crippen molar-refractivity contribution in [3.63, 3.8) is 0 Å². The molecule has 1 unspecified atom stereocenters. The molecule has 1 saturated heterocycles. The number of hydrogen-bond donors (Lipinski definition) is 2. The van der Waals surface area contributed by atoms with E-state index in [1.54, 1.807) is 0 Å². The Bertz CT molecular complexity index is 232. The smallest absolute Gasteiger partial charge is 0.168 e. The van der Waals surface area contributed by atoms with Gasteiger partial charge in [-0.2, -0.15) is 0 Å². The summed E-state index contributed by atoms with van der Waals surface area (Å²) in [7, 11) is 0. The van der Waals surface area contributed by atoms with Gasteiger partial charge in [0.1, 0.15) is 0 Å². The summed E-state index contributed by atoms with van der Waals surface area (Å²) in [5.41, 5.74) is 5.54. The van der Waals surface area contributed by atoms with Crippen LogP contribution >= 0.6 is 0 Å². The second-order valence-corrected chi connectivity index (χ2v) is 5.77. The highest BCUT2D eigenvalue weighted by molar-refractivity contribution is 4.82. The lowest BCUT2D eigenvalue weighted by atomic mass is 9.83. The van der Waals surface area contributed by atoms with Crippen LogP contribution in [0.4, 0.5) is 0 Å². The average Bonchev–Trinajstić information content (AvgIpc) is 2.81. The number of rotatable bonds is 6. The van der Waals surface area contributed by atoms with Crippen molar-refractivity contribution in [2.75, 3.05) is 26.3 Å². The maximum atomic E-state index is 5.75. The summed E-state index contributed by atoms with van der Waals surface area (Å²) in [5, 5.41) is 3.55. The van der Waals surface area contributed by atoms with Gasteiger partial charge in [0.2, 0.25) is 0 Å². The molecule has 18 heavy (non-hydrogen) atoms. The predicted octanol–water partition coefficient (Wildman–Crippen LogP) is 1.64. The molecule has 106 valence electrons. The van der Waals surface area contributed by atoms with E-state index in [0.717, 1.165) is 51.5 Å². The first-order chi connectivity index (χ1) is 8.74. The van der Waals surface area contributed by atoms with Crippen LogP contribution < -0.4 is 11.1 Å². The summed E-state index contributed by atoms with van der Waals surface area (Å²) in [6.07, 6.45) is 6.98. The van der Waals surface area contributed by atoms with Gasteiger partial charge in [-0.3, -0.25) is 0 Å². The van der Waals surface area contributed by atoms with Crippen molar-refractivity contribution in [1.29, 1.82) is 0 Å². The second-order valence-electron chi connectivity index (χ2n) is 5.77. The minimum atomic E-state index is -0.198. The lowest BCUT2D eigenvalue weighted by Crippen LogP contribution is -2.36. The first-order valence-electron chi connectivity index (χ1n) is 7.45. The third-order valence-corrected chi connectivity index (χ3v) is 4.33. The first kappa shape index (κ1) is 14.3. The minimum absolute atomic E-state index is 0.198. The van der Waals surface area contributed by atoms with Gasteiger partial charge in [-0.15, -0.1) is 0 Å². The Balaban J connectivity index is 1.59. The molecule has 1 atom stereocenters. The Morgan fingerprint density at radius 3 is 2.56 bits per heavy atom. The van der Waals surface area contributed by atoms with E-state index in [4.69, 9.17) is 15.2 Å². The molecule has 0 radical (unpaired) electrons. The van der Waals surface area contributed by atoms with Crippen molar-refractivity contribution in [2.24, 2.45) is 11.7 Å². The van der Waals surface area contributed by atoms with Crippen molar-refractivity contribution in [2.45, 2.75) is 57.3 Å². The van der Waals surface area contributed by atoms with Crippen LogP contribution in [0.25, 0.3) is 0 Å². The van der Waals surface area contributed by atoms with Gasteiger partial charge in [0, 0.05) is 18.9 Å². The molecule has 3 N–H and O–H groups in total. The van der Waals surface area contributed by atoms with E-state index >= 15 is 0 Å². The van der Waals surface area contributed by atoms with Gasteiger partial charge >= 0.3 is 0 Å². The van der Waals surface area contributed by atoms with Crippen LogP contribution in [0.2, 0.25) is 0 Å². The van der Waals surface area contributed by atoms with E-state index in [1.165, 1.54) is 19.3 Å². The number of nitrogens with two attached hydrogens (primary N) is 1. The highest BCUT2D eigenvalue weighted by atomic mass is 16.7. The van der Waals surface area contributed by atoms with E-state index in [-0.39, 0.29) is 5.79 Å². The van der Waals surface area contributed by atoms with Gasteiger partial charge in [-0.25, -0.2) is 0 Å². The largest absolute Gasteiger partial charge is 0.348 e. The molecule has 0 aromatic carbocycles. The van der Waals surface area contributed by atoms with Crippen molar-refractivity contribution in [1.82, 2.24) is 5.32 Å². The fourth-order valence-electron chi connectivity index (χ4n) is 3.08. The fraction of sp³-hybridized carbons (Fsp3) is 1.00. The molecule has 4 nitrogen and oxygen atoms in total. The maximum Gasteiger partial charge on any atom is 0.168 e. The molecule has 2 aliphatic rings. The summed E-state index contributed by atoms with van der Waals surface area (Å²) >= 11 is 0. The highest BCUT2D eigenvalue weighted by Gasteiger charge is 2.39. The normalized spacial score (nSPS) is 25.7. The number of nitrogens with one attached hydrogen (secondary N) is 1. The Hall–Kier alpha value is -0.160. The van der Waals surface area contributed by atoms with Gasteiger partial charge < -0.3 is 20.5 Å². The lowest BCUT2D eigenvalue weighted by molar-refractivity contribution is -0.182. The Kier molecular flexibility index (Phi) is 5.42. The third-order valence-electron chi connectivity index (χ3n) is 4.33. The zero-order valence-corrected chi connectivity index (χ0v) is 11.6. The summed E-state index contributed by atoms with van der Waals surface area (Å²) in [6.45, 7) is 5.66. The van der Waals surface area contributed by atoms with Gasteiger partial charge in [-0.05, 0) is 51.6 Å². The highest BCUT2D eigenvalue weighted by Crippen LogP contribution is 2.39. The SMILES string of the molecule is CC(CCN)NCCC1CCC2(CC1)OCCO2. The van der Waals surface area contributed by atoms with Gasteiger partial charge in [0.25, 0.3) is 0 Å². The quantitative estimate of drug-likeness (QED) is 0.758. The van der Waals surface area contributed by atoms with Crippen LogP contribution in [0.3, 0.4) is 0 Å². The predicted molar refractivity (Wildman–Crippen MR) is 72.3 cm³/mol. The molecule has 4 heteroatoms. The molecule has 0 amide bonds. The van der Waals surface area contributed by atoms with Gasteiger partial charge in [0.15, 0.2) is 5.79 Å². The molecular formula is C14H28N2O2. The molecule has 1 aliphatic heterocycles. The Morgan fingerprint density at radius 2 is 1.94 bits per heavy atom. The minimum Gasteiger partial charge on any atom is -0.348 e. The lowest BCUT2D eigenvalue weighted by Gasteiger charge is -2.35. The topological polar surface area (TPSA) is 56.5 Å². The molecule has 1 aliphatic carbocycles. The van der Waals surface area contributed by atoms with Crippen molar-refractivity contribution in [3.05, 3.63) is 0 Å². The van der Waals surface area contributed by atoms with E-state index in [1.807, 2.05) is 0 Å². The average molecular weight is 256 g/mol. The first-order valence-corrected chi connectivity index (χ1v) is 7.45. The van der Waals surface area contributed by atoms with Crippen LogP contribution in [0.1, 0.15) is 45.4 Å². The fourth-order valence-corrected chi connectivity index (χ4v) is 3.08. The van der Waals surface area contributed by atoms with Crippen molar-refractivity contribution >= 4 is 0 Å². The summed E-state index contributed by atoms with van der Waals surface area (Å²) in [5.74, 6) is 0.637. The molecule has 2 rings (SSSR count). The molecule has 0 aromatic rings. The molecule has 0 aromatic heterocycles. The monoisotopic (exact) mass is 256 g/mol. The molecule has 1 heterocycles. The van der Waals surface area contributed by atoms with Crippen molar-refractivity contribution in [3.8, 4) is 0 Å². The zero-order valence-electron chi connectivity index (χ0n) is 11.6. The zero-order chi connectivity index (χ0) is 12.8. The van der Waals surface area contributed by atoms with E-state index in [0.29, 0.717) is 6.04 Å². The summed E-state index contributed by atoms with van der Waals surface area (Å²) in [6, 6.07) is 0.548. The number of ether oxygens (including phenoxy) is 2. The molecule has 1 saturated carbocycles. The van der Waals surface area contributed by atoms with E-state index in [9.17, 15) is 0 Å². The van der Waals surface area contributed by atoms with Crippen LogP contribution in [-0.4, -0.2) is 38.1 Å². The van der Waals surface area contributed by atoms with Crippen LogP contribution in [0, 0.1) is 5.92 Å². The summed E-state index contributed by atoms with van der Waals surface area (Å²) < 4.78 is 11.5. The van der Waals surface area contributed by atoms with Gasteiger partial charge in [0.05, 0.1) is 13.2 Å². The van der Waals surface area contributed by atoms with Crippen molar-refractivity contribution < 1.29 is 9.47 Å². The Morgan fingerprint density at radius 1 is 1.28 bits per heavy atom. The van der Waals surface area contributed by atoms with Crippen LogP contribution in [-0.2, 0) is 9.47 Å². The standard InChI is InChI=1S/C14H28N2O2/c1-12(4-8-15)16-9-5-13-2-6-14(7-3-13)17-10-11-18-14/h12-13,16H,2-11,15H2,1H3. The molecule has 1 spiro atoms. The van der Waals surface area contributed by atoms with E-state index < -0.39 is 0 Å². The van der Waals surface area contributed by atoms with Crippen LogP contribution in [0.5, 0.6) is 0 Å². The summed E-state index contributed by atoms with van der Waals surface area (Å²) in [4.78, 5) is 0. The van der Waals surface area contributed by atoms with Crippen LogP contribution in [0.15, 0.2) is 0 Å². The second kappa shape index (κ2) is 6.85. The Labute approximate surface area is 111 Å². The third kappa shape index (κ3) is 3.92. The molecule has 0 bridgehead atoms. The van der Waals surface area contributed by atoms with Gasteiger partial charge in [-0.1, -0.05) is 0 Å². The molecular weight excluding hydrogens is 228 g/mol.